The summed E-state index contributed by atoms with van der Waals surface area (Å²) < 4.78 is 11.5. The standard InChI is InChI=1S/C16H26O4/c1-12-3-2-5-16(9-12,14(17)18)13-4-7-20-15(10-13)6-8-19-11-15/h12-13H,2-11H2,1H3,(H,17,18). The molecule has 0 bridgehead atoms. The van der Waals surface area contributed by atoms with Crippen molar-refractivity contribution in [1.29, 1.82) is 0 Å². The van der Waals surface area contributed by atoms with Crippen molar-refractivity contribution in [2.45, 2.75) is 57.5 Å². The summed E-state index contributed by atoms with van der Waals surface area (Å²) in [5, 5.41) is 9.92. The zero-order chi connectivity index (χ0) is 14.2. The average Bonchev–Trinajstić information content (AvgIpc) is 2.86. The van der Waals surface area contributed by atoms with Gasteiger partial charge in [-0.3, -0.25) is 4.79 Å². The third-order valence-electron chi connectivity index (χ3n) is 5.80. The molecule has 1 aliphatic carbocycles. The predicted molar refractivity (Wildman–Crippen MR) is 74.5 cm³/mol. The lowest BCUT2D eigenvalue weighted by Gasteiger charge is -2.48. The molecule has 0 amide bonds. The molecular weight excluding hydrogens is 256 g/mol. The van der Waals surface area contributed by atoms with Crippen molar-refractivity contribution in [3.63, 3.8) is 0 Å². The molecule has 3 fully saturated rings. The smallest absolute Gasteiger partial charge is 0.309 e. The summed E-state index contributed by atoms with van der Waals surface area (Å²) in [5.74, 6) is 0.196. The Morgan fingerprint density at radius 3 is 2.70 bits per heavy atom. The highest BCUT2D eigenvalue weighted by atomic mass is 16.6. The van der Waals surface area contributed by atoms with Gasteiger partial charge in [0.1, 0.15) is 0 Å². The molecule has 1 N–H and O–H groups in total. The Kier molecular flexibility index (Phi) is 3.80. The molecule has 1 spiro atoms. The lowest BCUT2D eigenvalue weighted by Crippen LogP contribution is -2.50. The quantitative estimate of drug-likeness (QED) is 0.846. The van der Waals surface area contributed by atoms with Gasteiger partial charge in [-0.1, -0.05) is 19.8 Å². The van der Waals surface area contributed by atoms with Crippen LogP contribution in [-0.2, 0) is 14.3 Å². The molecule has 114 valence electrons. The van der Waals surface area contributed by atoms with E-state index in [1.165, 1.54) is 6.42 Å². The van der Waals surface area contributed by atoms with Crippen LogP contribution in [0.3, 0.4) is 0 Å². The minimum atomic E-state index is -0.579. The number of hydrogen-bond donors (Lipinski definition) is 1. The number of carboxylic acids is 1. The molecule has 4 atom stereocenters. The Morgan fingerprint density at radius 1 is 1.20 bits per heavy atom. The van der Waals surface area contributed by atoms with E-state index in [9.17, 15) is 9.90 Å². The maximum atomic E-state index is 12.1. The zero-order valence-corrected chi connectivity index (χ0v) is 12.4. The molecule has 3 aliphatic rings. The van der Waals surface area contributed by atoms with Gasteiger partial charge in [0.05, 0.1) is 17.6 Å². The Bertz CT molecular complexity index is 375. The second-order valence-electron chi connectivity index (χ2n) is 7.19. The van der Waals surface area contributed by atoms with E-state index in [2.05, 4.69) is 6.92 Å². The van der Waals surface area contributed by atoms with Crippen molar-refractivity contribution in [3.8, 4) is 0 Å². The summed E-state index contributed by atoms with van der Waals surface area (Å²) in [6, 6.07) is 0. The summed E-state index contributed by atoms with van der Waals surface area (Å²) in [4.78, 5) is 12.1. The van der Waals surface area contributed by atoms with Crippen molar-refractivity contribution in [2.75, 3.05) is 19.8 Å². The summed E-state index contributed by atoms with van der Waals surface area (Å²) in [6.07, 6.45) is 6.58. The first-order valence-electron chi connectivity index (χ1n) is 8.01. The molecule has 20 heavy (non-hydrogen) atoms. The second kappa shape index (κ2) is 5.30. The minimum absolute atomic E-state index is 0.188. The normalized spacial score (nSPS) is 45.6. The van der Waals surface area contributed by atoms with Gasteiger partial charge < -0.3 is 14.6 Å². The molecule has 3 rings (SSSR count). The molecule has 0 aromatic heterocycles. The molecule has 0 aromatic carbocycles. The lowest BCUT2D eigenvalue weighted by atomic mass is 9.59. The van der Waals surface area contributed by atoms with Crippen molar-refractivity contribution in [1.82, 2.24) is 0 Å². The predicted octanol–water partition coefficient (Wildman–Crippen LogP) is 2.85. The monoisotopic (exact) mass is 282 g/mol. The van der Waals surface area contributed by atoms with Crippen molar-refractivity contribution in [2.24, 2.45) is 17.3 Å². The van der Waals surface area contributed by atoms with Gasteiger partial charge in [-0.25, -0.2) is 0 Å². The third kappa shape index (κ3) is 2.37. The molecule has 2 saturated heterocycles. The zero-order valence-electron chi connectivity index (χ0n) is 12.4. The van der Waals surface area contributed by atoms with E-state index in [1.54, 1.807) is 0 Å². The van der Waals surface area contributed by atoms with Crippen LogP contribution in [0.25, 0.3) is 0 Å². The second-order valence-corrected chi connectivity index (χ2v) is 7.19. The maximum Gasteiger partial charge on any atom is 0.309 e. The average molecular weight is 282 g/mol. The van der Waals surface area contributed by atoms with E-state index in [0.29, 0.717) is 19.1 Å². The number of hydrogen-bond acceptors (Lipinski definition) is 3. The molecule has 0 radical (unpaired) electrons. The molecule has 4 heteroatoms. The van der Waals surface area contributed by atoms with Crippen LogP contribution >= 0.6 is 0 Å². The van der Waals surface area contributed by atoms with E-state index in [1.807, 2.05) is 0 Å². The molecule has 2 heterocycles. The van der Waals surface area contributed by atoms with Crippen LogP contribution in [0.2, 0.25) is 0 Å². The van der Waals surface area contributed by atoms with Crippen molar-refractivity contribution in [3.05, 3.63) is 0 Å². The summed E-state index contributed by atoms with van der Waals surface area (Å²) in [7, 11) is 0. The summed E-state index contributed by atoms with van der Waals surface area (Å²) in [6.45, 7) is 4.29. The van der Waals surface area contributed by atoms with Crippen LogP contribution in [-0.4, -0.2) is 36.5 Å². The highest BCUT2D eigenvalue weighted by molar-refractivity contribution is 5.75. The lowest BCUT2D eigenvalue weighted by molar-refractivity contribution is -0.169. The van der Waals surface area contributed by atoms with Crippen LogP contribution in [0.4, 0.5) is 0 Å². The van der Waals surface area contributed by atoms with Gasteiger partial charge in [-0.05, 0) is 37.5 Å². The van der Waals surface area contributed by atoms with E-state index in [4.69, 9.17) is 9.47 Å². The topological polar surface area (TPSA) is 55.8 Å². The Balaban J connectivity index is 1.82. The highest BCUT2D eigenvalue weighted by Crippen LogP contribution is 2.51. The number of rotatable bonds is 2. The van der Waals surface area contributed by atoms with Gasteiger partial charge in [-0.2, -0.15) is 0 Å². The van der Waals surface area contributed by atoms with Gasteiger partial charge in [0.25, 0.3) is 0 Å². The van der Waals surface area contributed by atoms with Gasteiger partial charge in [0.2, 0.25) is 0 Å². The number of ether oxygens (including phenoxy) is 2. The van der Waals surface area contributed by atoms with Crippen LogP contribution in [0, 0.1) is 17.3 Å². The number of carbonyl (C=O) groups is 1. The first-order chi connectivity index (χ1) is 9.56. The molecule has 4 unspecified atom stereocenters. The largest absolute Gasteiger partial charge is 0.481 e. The molecule has 4 nitrogen and oxygen atoms in total. The Labute approximate surface area is 120 Å². The van der Waals surface area contributed by atoms with Gasteiger partial charge >= 0.3 is 5.97 Å². The fourth-order valence-corrected chi connectivity index (χ4v) is 4.69. The Morgan fingerprint density at radius 2 is 2.05 bits per heavy atom. The molecule has 1 saturated carbocycles. The fraction of sp³-hybridized carbons (Fsp3) is 0.938. The van der Waals surface area contributed by atoms with Gasteiger partial charge in [0.15, 0.2) is 0 Å². The summed E-state index contributed by atoms with van der Waals surface area (Å²) >= 11 is 0. The van der Waals surface area contributed by atoms with Crippen LogP contribution in [0.15, 0.2) is 0 Å². The first kappa shape index (κ1) is 14.3. The van der Waals surface area contributed by atoms with Gasteiger partial charge in [0, 0.05) is 19.6 Å². The SMILES string of the molecule is CC1CCCC(C(=O)O)(C2CCOC3(CCOC3)C2)C1. The van der Waals surface area contributed by atoms with E-state index >= 15 is 0 Å². The fourth-order valence-electron chi connectivity index (χ4n) is 4.69. The van der Waals surface area contributed by atoms with E-state index < -0.39 is 11.4 Å². The van der Waals surface area contributed by atoms with Crippen LogP contribution in [0.5, 0.6) is 0 Å². The van der Waals surface area contributed by atoms with Crippen LogP contribution in [0.1, 0.15) is 51.9 Å². The maximum absolute atomic E-state index is 12.1. The highest BCUT2D eigenvalue weighted by Gasteiger charge is 2.53. The van der Waals surface area contributed by atoms with Crippen molar-refractivity contribution < 1.29 is 19.4 Å². The van der Waals surface area contributed by atoms with E-state index in [0.717, 1.165) is 45.1 Å². The van der Waals surface area contributed by atoms with Crippen molar-refractivity contribution >= 4 is 5.97 Å². The molecular formula is C16H26O4. The minimum Gasteiger partial charge on any atom is -0.481 e. The molecule has 0 aromatic rings. The number of aliphatic carboxylic acids is 1. The number of carboxylic acid groups (broad SMARTS) is 1. The summed E-state index contributed by atoms with van der Waals surface area (Å²) in [5.41, 5.74) is -0.705. The first-order valence-corrected chi connectivity index (χ1v) is 8.01. The van der Waals surface area contributed by atoms with Crippen LogP contribution < -0.4 is 0 Å². The van der Waals surface area contributed by atoms with E-state index in [-0.39, 0.29) is 11.5 Å². The molecule has 2 aliphatic heterocycles. The third-order valence-corrected chi connectivity index (χ3v) is 5.80. The van der Waals surface area contributed by atoms with Gasteiger partial charge in [-0.15, -0.1) is 0 Å². The Hall–Kier alpha value is -0.610.